The van der Waals surface area contributed by atoms with Crippen LogP contribution in [-0.4, -0.2) is 36.9 Å². The van der Waals surface area contributed by atoms with E-state index < -0.39 is 5.91 Å². The molecule has 1 aliphatic rings. The summed E-state index contributed by atoms with van der Waals surface area (Å²) in [4.78, 5) is 27.1. The highest BCUT2D eigenvalue weighted by Crippen LogP contribution is 2.37. The largest absolute Gasteiger partial charge is 0.372 e. The zero-order chi connectivity index (χ0) is 22.6. The van der Waals surface area contributed by atoms with Crippen molar-refractivity contribution in [3.8, 4) is 5.69 Å². The Hall–Kier alpha value is -2.69. The fraction of sp³-hybridized carbons (Fsp3) is 0.364. The standard InChI is InChI=1S/C22H23N5O3S2/c1-11(2)15-8-14-16(9-30-15)32-20-18(14)19(29)26(13-6-4-5-12(3)7-13)21-24-25-22(27(20)21)31-10-17(23)28/h4-7,11,15H,8-10H2,1-3H3,(H2,23,28)/t15-/m1/s1. The van der Waals surface area contributed by atoms with Crippen molar-refractivity contribution in [2.24, 2.45) is 11.7 Å². The second-order valence-corrected chi connectivity index (χ2v) is 10.4. The number of nitrogens with two attached hydrogens (primary N) is 1. The topological polar surface area (TPSA) is 105 Å². The molecule has 5 rings (SSSR count). The molecule has 0 unspecified atom stereocenters. The molecule has 0 saturated carbocycles. The molecule has 10 heteroatoms. The van der Waals surface area contributed by atoms with E-state index in [9.17, 15) is 9.59 Å². The molecule has 0 radical (unpaired) electrons. The number of aromatic nitrogens is 4. The molecule has 1 amide bonds. The fourth-order valence-corrected chi connectivity index (χ4v) is 6.07. The van der Waals surface area contributed by atoms with Crippen LogP contribution in [0.1, 0.15) is 29.9 Å². The Morgan fingerprint density at radius 3 is 2.91 bits per heavy atom. The first-order valence-corrected chi connectivity index (χ1v) is 12.2. The number of thiophene rings is 1. The monoisotopic (exact) mass is 469 g/mol. The van der Waals surface area contributed by atoms with E-state index in [1.54, 1.807) is 4.57 Å². The molecule has 4 heterocycles. The summed E-state index contributed by atoms with van der Waals surface area (Å²) < 4.78 is 9.55. The van der Waals surface area contributed by atoms with Gasteiger partial charge in [-0.3, -0.25) is 9.59 Å². The molecule has 0 fully saturated rings. The third-order valence-electron chi connectivity index (χ3n) is 5.69. The molecule has 1 aliphatic heterocycles. The van der Waals surface area contributed by atoms with Crippen LogP contribution in [0.3, 0.4) is 0 Å². The first kappa shape index (κ1) is 21.2. The molecule has 0 spiro atoms. The van der Waals surface area contributed by atoms with E-state index in [4.69, 9.17) is 10.5 Å². The van der Waals surface area contributed by atoms with Crippen LogP contribution in [0.5, 0.6) is 0 Å². The first-order valence-electron chi connectivity index (χ1n) is 10.4. The molecule has 32 heavy (non-hydrogen) atoms. The Bertz CT molecular complexity index is 1420. The number of carbonyl (C=O) groups is 1. The number of hydrogen-bond acceptors (Lipinski definition) is 7. The van der Waals surface area contributed by atoms with E-state index in [-0.39, 0.29) is 17.4 Å². The Morgan fingerprint density at radius 1 is 1.38 bits per heavy atom. The second kappa shape index (κ2) is 8.02. The lowest BCUT2D eigenvalue weighted by atomic mass is 9.96. The highest BCUT2D eigenvalue weighted by atomic mass is 32.2. The van der Waals surface area contributed by atoms with Crippen LogP contribution in [-0.2, 0) is 22.6 Å². The molecule has 8 nitrogen and oxygen atoms in total. The summed E-state index contributed by atoms with van der Waals surface area (Å²) in [6.07, 6.45) is 0.750. The second-order valence-electron chi connectivity index (χ2n) is 8.33. The quantitative estimate of drug-likeness (QED) is 0.451. The number of primary amides is 1. The van der Waals surface area contributed by atoms with Gasteiger partial charge in [-0.15, -0.1) is 21.5 Å². The van der Waals surface area contributed by atoms with Gasteiger partial charge in [0.2, 0.25) is 11.7 Å². The number of hydrogen-bond donors (Lipinski definition) is 1. The number of carbonyl (C=O) groups excluding carboxylic acids is 1. The lowest BCUT2D eigenvalue weighted by molar-refractivity contribution is -0.115. The van der Waals surface area contributed by atoms with Crippen molar-refractivity contribution in [1.29, 1.82) is 0 Å². The molecule has 4 aromatic rings. The summed E-state index contributed by atoms with van der Waals surface area (Å²) in [6, 6.07) is 7.75. The number of benzene rings is 1. The molecule has 0 bridgehead atoms. The van der Waals surface area contributed by atoms with Gasteiger partial charge in [0.1, 0.15) is 4.83 Å². The third-order valence-corrected chi connectivity index (χ3v) is 7.83. The average Bonchev–Trinajstić information content (AvgIpc) is 3.33. The van der Waals surface area contributed by atoms with Gasteiger partial charge in [-0.1, -0.05) is 37.7 Å². The van der Waals surface area contributed by atoms with Crippen molar-refractivity contribution in [2.45, 2.75) is 45.1 Å². The molecule has 166 valence electrons. The SMILES string of the molecule is Cc1cccc(-n2c(=O)c3c4c(sc3n3c(SCC(N)=O)nnc23)CO[C@@H](C(C)C)C4)c1. The van der Waals surface area contributed by atoms with E-state index in [1.165, 1.54) is 23.1 Å². The van der Waals surface area contributed by atoms with Crippen LogP contribution in [0.25, 0.3) is 21.7 Å². The molecule has 2 N–H and O–H groups in total. The lowest BCUT2D eigenvalue weighted by Crippen LogP contribution is -2.28. The van der Waals surface area contributed by atoms with Gasteiger partial charge < -0.3 is 10.5 Å². The predicted molar refractivity (Wildman–Crippen MR) is 126 cm³/mol. The minimum Gasteiger partial charge on any atom is -0.372 e. The van der Waals surface area contributed by atoms with Gasteiger partial charge in [0.25, 0.3) is 5.56 Å². The van der Waals surface area contributed by atoms with Crippen molar-refractivity contribution in [3.05, 3.63) is 50.6 Å². The average molecular weight is 470 g/mol. The molecule has 1 atom stereocenters. The summed E-state index contributed by atoms with van der Waals surface area (Å²) in [5.41, 5.74) is 8.06. The maximum absolute atomic E-state index is 13.9. The zero-order valence-electron chi connectivity index (χ0n) is 18.0. The minimum absolute atomic E-state index is 0.0624. The Morgan fingerprint density at radius 2 is 2.19 bits per heavy atom. The molecule has 1 aromatic carbocycles. The Balaban J connectivity index is 1.85. The maximum Gasteiger partial charge on any atom is 0.268 e. The number of aryl methyl sites for hydroxylation is 1. The molecule has 0 saturated heterocycles. The highest BCUT2D eigenvalue weighted by molar-refractivity contribution is 7.99. The molecular weight excluding hydrogens is 446 g/mol. The van der Waals surface area contributed by atoms with Gasteiger partial charge >= 0.3 is 0 Å². The maximum atomic E-state index is 13.9. The van der Waals surface area contributed by atoms with E-state index in [0.29, 0.717) is 35.3 Å². The van der Waals surface area contributed by atoms with Gasteiger partial charge in [-0.05, 0) is 36.1 Å². The molecular formula is C22H23N5O3S2. The normalized spacial score (nSPS) is 16.2. The zero-order valence-corrected chi connectivity index (χ0v) is 19.6. The van der Waals surface area contributed by atoms with Crippen LogP contribution in [0.4, 0.5) is 0 Å². The summed E-state index contributed by atoms with van der Waals surface area (Å²) >= 11 is 2.75. The van der Waals surface area contributed by atoms with Crippen LogP contribution >= 0.6 is 23.1 Å². The predicted octanol–water partition coefficient (Wildman–Crippen LogP) is 3.08. The van der Waals surface area contributed by atoms with Gasteiger partial charge in [0.15, 0.2) is 5.16 Å². The van der Waals surface area contributed by atoms with Crippen molar-refractivity contribution in [2.75, 3.05) is 5.75 Å². The molecule has 3 aromatic heterocycles. The number of rotatable bonds is 5. The van der Waals surface area contributed by atoms with Gasteiger partial charge in [-0.2, -0.15) is 0 Å². The number of amides is 1. The Labute approximate surface area is 192 Å². The summed E-state index contributed by atoms with van der Waals surface area (Å²) in [7, 11) is 0. The van der Waals surface area contributed by atoms with Crippen LogP contribution in [0.2, 0.25) is 0 Å². The number of fused-ring (bicyclic) bond motifs is 5. The minimum atomic E-state index is -0.436. The van der Waals surface area contributed by atoms with Crippen molar-refractivity contribution in [3.63, 3.8) is 0 Å². The lowest BCUT2D eigenvalue weighted by Gasteiger charge is -2.26. The number of ether oxygens (including phenoxy) is 1. The summed E-state index contributed by atoms with van der Waals surface area (Å²) in [5, 5.41) is 9.85. The number of nitrogens with zero attached hydrogens (tertiary/aromatic N) is 4. The summed E-state index contributed by atoms with van der Waals surface area (Å²) in [5.74, 6) is 0.404. The van der Waals surface area contributed by atoms with Crippen LogP contribution in [0.15, 0.2) is 34.2 Å². The van der Waals surface area contributed by atoms with E-state index in [0.717, 1.165) is 26.5 Å². The summed E-state index contributed by atoms with van der Waals surface area (Å²) in [6.45, 7) is 6.73. The van der Waals surface area contributed by atoms with Crippen molar-refractivity contribution in [1.82, 2.24) is 19.2 Å². The number of thioether (sulfide) groups is 1. The highest BCUT2D eigenvalue weighted by Gasteiger charge is 2.30. The van der Waals surface area contributed by atoms with Crippen LogP contribution in [0, 0.1) is 12.8 Å². The fourth-order valence-electron chi connectivity index (χ4n) is 4.10. The smallest absolute Gasteiger partial charge is 0.268 e. The first-order chi connectivity index (χ1) is 15.3. The van der Waals surface area contributed by atoms with E-state index >= 15 is 0 Å². The van der Waals surface area contributed by atoms with Gasteiger partial charge in [-0.25, -0.2) is 8.97 Å². The Kier molecular flexibility index (Phi) is 5.31. The van der Waals surface area contributed by atoms with Gasteiger partial charge in [0.05, 0.1) is 29.5 Å². The van der Waals surface area contributed by atoms with Crippen molar-refractivity contribution < 1.29 is 9.53 Å². The molecule has 0 aliphatic carbocycles. The van der Waals surface area contributed by atoms with Crippen LogP contribution < -0.4 is 11.3 Å². The third kappa shape index (κ3) is 3.42. The van der Waals surface area contributed by atoms with E-state index in [1.807, 2.05) is 35.6 Å². The van der Waals surface area contributed by atoms with E-state index in [2.05, 4.69) is 24.0 Å². The van der Waals surface area contributed by atoms with Crippen molar-refractivity contribution >= 4 is 45.0 Å². The van der Waals surface area contributed by atoms with Gasteiger partial charge in [0, 0.05) is 11.3 Å².